The van der Waals surface area contributed by atoms with Gasteiger partial charge in [-0.25, -0.2) is 21.6 Å². The van der Waals surface area contributed by atoms with Crippen LogP contribution in [0.15, 0.2) is 59.5 Å². The van der Waals surface area contributed by atoms with E-state index in [-0.39, 0.29) is 48.3 Å². The van der Waals surface area contributed by atoms with Crippen LogP contribution in [0.3, 0.4) is 0 Å². The second kappa shape index (κ2) is 13.1. The Balaban J connectivity index is 1.86. The van der Waals surface area contributed by atoms with Gasteiger partial charge in [0.05, 0.1) is 35.7 Å². The number of aliphatic hydroxyl groups excluding tert-OH is 1. The first-order chi connectivity index (χ1) is 18.3. The van der Waals surface area contributed by atoms with Gasteiger partial charge in [-0.3, -0.25) is 0 Å². The first-order valence-corrected chi connectivity index (χ1v) is 16.1. The first-order valence-electron chi connectivity index (χ1n) is 12.8. The van der Waals surface area contributed by atoms with Crippen LogP contribution in [0.4, 0.5) is 4.79 Å². The minimum absolute atomic E-state index is 0.0372. The van der Waals surface area contributed by atoms with Crippen LogP contribution in [-0.4, -0.2) is 94.2 Å². The van der Waals surface area contributed by atoms with E-state index in [2.05, 4.69) is 0 Å². The van der Waals surface area contributed by atoms with Crippen LogP contribution in [0, 0.1) is 5.92 Å². The van der Waals surface area contributed by atoms with E-state index in [1.807, 2.05) is 44.2 Å². The third kappa shape index (κ3) is 8.41. The highest BCUT2D eigenvalue weighted by molar-refractivity contribution is 7.91. The molecule has 216 valence electrons. The van der Waals surface area contributed by atoms with Gasteiger partial charge in [0.15, 0.2) is 9.84 Å². The number of hydrogen-bond acceptors (Lipinski definition) is 8. The predicted octanol–water partition coefficient (Wildman–Crippen LogP) is 2.57. The summed E-state index contributed by atoms with van der Waals surface area (Å²) in [6, 6.07) is 14.4. The van der Waals surface area contributed by atoms with Gasteiger partial charge < -0.3 is 19.5 Å². The van der Waals surface area contributed by atoms with Gasteiger partial charge in [0.1, 0.15) is 11.9 Å². The van der Waals surface area contributed by atoms with E-state index >= 15 is 0 Å². The molecule has 2 aromatic carbocycles. The van der Waals surface area contributed by atoms with E-state index in [1.54, 1.807) is 12.1 Å². The molecule has 1 saturated heterocycles. The van der Waals surface area contributed by atoms with Gasteiger partial charge in [0, 0.05) is 20.1 Å². The second-order valence-electron chi connectivity index (χ2n) is 10.2. The molecule has 0 spiro atoms. The zero-order chi connectivity index (χ0) is 28.8. The Morgan fingerprint density at radius 3 is 2.26 bits per heavy atom. The van der Waals surface area contributed by atoms with E-state index in [0.29, 0.717) is 5.75 Å². The Morgan fingerprint density at radius 2 is 1.72 bits per heavy atom. The lowest BCUT2D eigenvalue weighted by Crippen LogP contribution is -2.52. The van der Waals surface area contributed by atoms with Gasteiger partial charge in [0.25, 0.3) is 0 Å². The molecule has 3 rings (SSSR count). The molecule has 12 heteroatoms. The summed E-state index contributed by atoms with van der Waals surface area (Å²) < 4.78 is 62.6. The van der Waals surface area contributed by atoms with Crippen molar-refractivity contribution in [3.05, 3.63) is 60.2 Å². The van der Waals surface area contributed by atoms with Crippen molar-refractivity contribution in [2.75, 3.05) is 38.8 Å². The molecule has 0 aromatic heterocycles. The monoisotopic (exact) mass is 582 g/mol. The smallest absolute Gasteiger partial charge is 0.410 e. The van der Waals surface area contributed by atoms with Crippen LogP contribution in [0.25, 0.3) is 0 Å². The lowest BCUT2D eigenvalue weighted by molar-refractivity contribution is 0.0242. The number of methoxy groups -OCH3 is 1. The summed E-state index contributed by atoms with van der Waals surface area (Å²) in [6.07, 6.45) is -2.36. The average molecular weight is 583 g/mol. The molecule has 0 radical (unpaired) electrons. The molecule has 10 nitrogen and oxygen atoms in total. The average Bonchev–Trinajstić information content (AvgIpc) is 3.24. The Hall–Kier alpha value is -2.67. The molecule has 0 unspecified atom stereocenters. The van der Waals surface area contributed by atoms with Gasteiger partial charge in [-0.1, -0.05) is 44.2 Å². The number of amides is 1. The molecular weight excluding hydrogens is 544 g/mol. The summed E-state index contributed by atoms with van der Waals surface area (Å²) >= 11 is 0. The first kappa shape index (κ1) is 30.9. The maximum absolute atomic E-state index is 13.6. The van der Waals surface area contributed by atoms with Crippen molar-refractivity contribution in [2.45, 2.75) is 49.8 Å². The highest BCUT2D eigenvalue weighted by Crippen LogP contribution is 2.23. The number of aliphatic hydroxyl groups is 1. The summed E-state index contributed by atoms with van der Waals surface area (Å²) in [7, 11) is -4.28. The Labute approximate surface area is 231 Å². The maximum atomic E-state index is 13.6. The summed E-state index contributed by atoms with van der Waals surface area (Å²) in [6.45, 7) is 3.64. The SMILES string of the molecule is COc1ccc(S(=O)(=O)N(CC(C)C)C[C@@H](O)[C@H](Cc2ccccc2)N(C)C(=O)O[C@H]2CCS(=O)(=O)C2)cc1. The maximum Gasteiger partial charge on any atom is 0.410 e. The van der Waals surface area contributed by atoms with Crippen molar-refractivity contribution in [3.8, 4) is 5.75 Å². The van der Waals surface area contributed by atoms with Crippen molar-refractivity contribution in [1.82, 2.24) is 9.21 Å². The fourth-order valence-electron chi connectivity index (χ4n) is 4.51. The van der Waals surface area contributed by atoms with Crippen LogP contribution in [0.1, 0.15) is 25.8 Å². The van der Waals surface area contributed by atoms with Crippen molar-refractivity contribution in [2.24, 2.45) is 5.92 Å². The number of hydrogen-bond donors (Lipinski definition) is 1. The molecule has 1 aliphatic rings. The van der Waals surface area contributed by atoms with Crippen LogP contribution in [0.2, 0.25) is 0 Å². The second-order valence-corrected chi connectivity index (χ2v) is 14.4. The summed E-state index contributed by atoms with van der Waals surface area (Å²) in [5, 5.41) is 11.4. The number of sulfone groups is 1. The predicted molar refractivity (Wildman–Crippen MR) is 148 cm³/mol. The van der Waals surface area contributed by atoms with E-state index in [1.165, 1.54) is 35.5 Å². The molecule has 39 heavy (non-hydrogen) atoms. The molecule has 2 aromatic rings. The van der Waals surface area contributed by atoms with E-state index in [9.17, 15) is 26.7 Å². The largest absolute Gasteiger partial charge is 0.497 e. The molecule has 1 aliphatic heterocycles. The van der Waals surface area contributed by atoms with E-state index < -0.39 is 44.2 Å². The Bertz CT molecular complexity index is 1300. The van der Waals surface area contributed by atoms with Crippen molar-refractivity contribution in [1.29, 1.82) is 0 Å². The minimum atomic E-state index is -3.98. The van der Waals surface area contributed by atoms with Crippen molar-refractivity contribution >= 4 is 26.0 Å². The lowest BCUT2D eigenvalue weighted by atomic mass is 10.00. The van der Waals surface area contributed by atoms with Crippen LogP contribution in [0.5, 0.6) is 5.75 Å². The third-order valence-corrected chi connectivity index (χ3v) is 10.2. The number of sulfonamides is 1. The van der Waals surface area contributed by atoms with E-state index in [0.717, 1.165) is 5.56 Å². The van der Waals surface area contributed by atoms with E-state index in [4.69, 9.17) is 9.47 Å². The minimum Gasteiger partial charge on any atom is -0.497 e. The molecule has 0 aliphatic carbocycles. The molecule has 3 atom stereocenters. The highest BCUT2D eigenvalue weighted by atomic mass is 32.2. The fraction of sp³-hybridized carbons (Fsp3) is 0.519. The molecule has 1 amide bonds. The molecule has 1 heterocycles. The number of nitrogens with zero attached hydrogens (tertiary/aromatic N) is 2. The summed E-state index contributed by atoms with van der Waals surface area (Å²) in [5.74, 6) is 0.200. The van der Waals surface area contributed by atoms with Gasteiger partial charge in [-0.2, -0.15) is 4.31 Å². The normalized spacial score (nSPS) is 18.6. The number of ether oxygens (including phenoxy) is 2. The summed E-state index contributed by atoms with van der Waals surface area (Å²) in [4.78, 5) is 14.3. The Morgan fingerprint density at radius 1 is 1.08 bits per heavy atom. The van der Waals surface area contributed by atoms with Gasteiger partial charge in [-0.15, -0.1) is 0 Å². The zero-order valence-corrected chi connectivity index (χ0v) is 24.4. The number of benzene rings is 2. The Kier molecular flexibility index (Phi) is 10.4. The molecule has 0 bridgehead atoms. The van der Waals surface area contributed by atoms with Gasteiger partial charge in [-0.05, 0) is 48.6 Å². The molecule has 1 fully saturated rings. The number of likely N-dealkylation sites (N-methyl/N-ethyl adjacent to an activating group) is 1. The van der Waals surface area contributed by atoms with Gasteiger partial charge in [0.2, 0.25) is 10.0 Å². The van der Waals surface area contributed by atoms with Crippen LogP contribution in [-0.2, 0) is 31.0 Å². The summed E-state index contributed by atoms with van der Waals surface area (Å²) in [5.41, 5.74) is 0.832. The van der Waals surface area contributed by atoms with Crippen LogP contribution < -0.4 is 4.74 Å². The molecule has 1 N–H and O–H groups in total. The zero-order valence-electron chi connectivity index (χ0n) is 22.8. The van der Waals surface area contributed by atoms with Crippen molar-refractivity contribution in [3.63, 3.8) is 0 Å². The highest BCUT2D eigenvalue weighted by Gasteiger charge is 2.36. The van der Waals surface area contributed by atoms with Gasteiger partial charge >= 0.3 is 6.09 Å². The standard InChI is InChI=1S/C27H38N2O8S2/c1-20(2)17-29(39(34,35)24-12-10-22(36-4)11-13-24)18-26(30)25(16-21-8-6-5-7-9-21)28(3)27(31)37-23-14-15-38(32,33)19-23/h5-13,20,23,25-26,30H,14-19H2,1-4H3/t23-,25-,26+/m0/s1. The quantitative estimate of drug-likeness (QED) is 0.404. The number of rotatable bonds is 12. The topological polar surface area (TPSA) is 131 Å². The third-order valence-electron chi connectivity index (χ3n) is 6.63. The molecular formula is C27H38N2O8S2. The van der Waals surface area contributed by atoms with Crippen molar-refractivity contribution < 1.29 is 36.2 Å². The molecule has 0 saturated carbocycles. The number of carbonyl (C=O) groups is 1. The number of carbonyl (C=O) groups excluding carboxylic acids is 1. The lowest BCUT2D eigenvalue weighted by Gasteiger charge is -2.35. The fourth-order valence-corrected chi connectivity index (χ4v) is 7.72. The van der Waals surface area contributed by atoms with Crippen LogP contribution >= 0.6 is 0 Å².